The fourth-order valence-electron chi connectivity index (χ4n) is 0.288. The summed E-state index contributed by atoms with van der Waals surface area (Å²) in [5.74, 6) is 0. The van der Waals surface area contributed by atoms with Gasteiger partial charge in [-0.25, -0.2) is 4.79 Å². The van der Waals surface area contributed by atoms with Crippen molar-refractivity contribution >= 4 is 14.4 Å². The highest BCUT2D eigenvalue weighted by Crippen LogP contribution is 2.13. The lowest BCUT2D eigenvalue weighted by atomic mass is 10.9. The highest BCUT2D eigenvalue weighted by atomic mass is 31.1. The van der Waals surface area contributed by atoms with E-state index in [1.54, 1.807) is 6.92 Å². The lowest BCUT2D eigenvalue weighted by Gasteiger charge is -2.02. The van der Waals surface area contributed by atoms with Crippen molar-refractivity contribution in [3.63, 3.8) is 0 Å². The second-order valence-corrected chi connectivity index (χ2v) is 2.18. The van der Waals surface area contributed by atoms with Crippen molar-refractivity contribution in [2.75, 3.05) is 13.4 Å². The molecule has 0 aromatic rings. The molecule has 0 radical (unpaired) electrons. The third-order valence-electron chi connectivity index (χ3n) is 0.621. The van der Waals surface area contributed by atoms with Gasteiger partial charge in [-0.05, 0) is 6.92 Å². The van der Waals surface area contributed by atoms with Gasteiger partial charge in [0.25, 0.3) is 0 Å². The van der Waals surface area contributed by atoms with E-state index in [4.69, 9.17) is 4.89 Å². The van der Waals surface area contributed by atoms with Gasteiger partial charge in [-0.1, -0.05) is 0 Å². The molecule has 11 heavy (non-hydrogen) atoms. The van der Waals surface area contributed by atoms with Gasteiger partial charge in [0.1, 0.15) is 0 Å². The first-order valence-electron chi connectivity index (χ1n) is 2.82. The maximum absolute atomic E-state index is 10.3. The van der Waals surface area contributed by atoms with E-state index in [1.807, 2.05) is 0 Å². The maximum Gasteiger partial charge on any atom is 0.510 e. The number of rotatable bonds is 4. The molecule has 0 aromatic carbocycles. The van der Waals surface area contributed by atoms with Crippen LogP contribution in [0.25, 0.3) is 0 Å². The molecule has 0 bridgehead atoms. The van der Waals surface area contributed by atoms with E-state index in [-0.39, 0.29) is 6.61 Å². The molecule has 0 spiro atoms. The molecule has 0 aliphatic carbocycles. The lowest BCUT2D eigenvalue weighted by molar-refractivity contribution is 0.00631. The van der Waals surface area contributed by atoms with Crippen LogP contribution in [-0.2, 0) is 18.6 Å². The zero-order chi connectivity index (χ0) is 8.69. The van der Waals surface area contributed by atoms with Gasteiger partial charge in [0.05, 0.1) is 6.61 Å². The van der Waals surface area contributed by atoms with Crippen molar-refractivity contribution in [3.05, 3.63) is 0 Å². The van der Waals surface area contributed by atoms with E-state index < -0.39 is 21.2 Å². The van der Waals surface area contributed by atoms with E-state index >= 15 is 0 Å². The van der Waals surface area contributed by atoms with Crippen molar-refractivity contribution in [2.45, 2.75) is 6.92 Å². The van der Waals surface area contributed by atoms with Gasteiger partial charge in [0.15, 0.2) is 0 Å². The van der Waals surface area contributed by atoms with E-state index in [0.29, 0.717) is 0 Å². The molecule has 1 unspecified atom stereocenters. The van der Waals surface area contributed by atoms with Crippen LogP contribution in [0.4, 0.5) is 4.79 Å². The smallest absolute Gasteiger partial charge is 0.435 e. The summed E-state index contributed by atoms with van der Waals surface area (Å²) in [5.41, 5.74) is 0. The number of hydrogen-bond acceptors (Lipinski definition) is 5. The summed E-state index contributed by atoms with van der Waals surface area (Å²) in [4.78, 5) is 18.4. The SMILES string of the molecule is CCOC(=O)OCO[PH](=O)O. The van der Waals surface area contributed by atoms with E-state index in [1.165, 1.54) is 0 Å². The van der Waals surface area contributed by atoms with Gasteiger partial charge in [-0.15, -0.1) is 0 Å². The fourth-order valence-corrected chi connectivity index (χ4v) is 0.447. The van der Waals surface area contributed by atoms with Gasteiger partial charge in [0, 0.05) is 0 Å². The molecule has 6 nitrogen and oxygen atoms in total. The van der Waals surface area contributed by atoms with Crippen LogP contribution >= 0.6 is 8.25 Å². The third-order valence-corrected chi connectivity index (χ3v) is 0.986. The van der Waals surface area contributed by atoms with Crippen LogP contribution in [0, 0.1) is 0 Å². The minimum atomic E-state index is -3.03. The molecule has 0 saturated heterocycles. The molecule has 0 heterocycles. The molecular weight excluding hydrogens is 175 g/mol. The third kappa shape index (κ3) is 7.32. The van der Waals surface area contributed by atoms with Gasteiger partial charge >= 0.3 is 14.4 Å². The zero-order valence-corrected chi connectivity index (χ0v) is 6.90. The Balaban J connectivity index is 3.24. The van der Waals surface area contributed by atoms with Crippen molar-refractivity contribution in [1.29, 1.82) is 0 Å². The van der Waals surface area contributed by atoms with E-state index in [0.717, 1.165) is 0 Å². The first kappa shape index (κ1) is 10.4. The Morgan fingerprint density at radius 2 is 2.18 bits per heavy atom. The van der Waals surface area contributed by atoms with Crippen molar-refractivity contribution in [2.24, 2.45) is 0 Å². The molecule has 0 aromatic heterocycles. The Labute approximate surface area is 64.0 Å². The molecule has 66 valence electrons. The molecule has 0 fully saturated rings. The number of ether oxygens (including phenoxy) is 2. The van der Waals surface area contributed by atoms with Crippen LogP contribution < -0.4 is 0 Å². The predicted molar refractivity (Wildman–Crippen MR) is 35.3 cm³/mol. The van der Waals surface area contributed by atoms with Crippen LogP contribution in [0.5, 0.6) is 0 Å². The van der Waals surface area contributed by atoms with Gasteiger partial charge in [-0.2, -0.15) is 0 Å². The molecule has 1 atom stereocenters. The number of carbonyl (C=O) groups is 1. The molecule has 0 amide bonds. The quantitative estimate of drug-likeness (QED) is 0.389. The van der Waals surface area contributed by atoms with E-state index in [2.05, 4.69) is 14.0 Å². The van der Waals surface area contributed by atoms with E-state index in [9.17, 15) is 9.36 Å². The Morgan fingerprint density at radius 1 is 1.55 bits per heavy atom. The minimum Gasteiger partial charge on any atom is -0.435 e. The van der Waals surface area contributed by atoms with Crippen LogP contribution in [0.3, 0.4) is 0 Å². The lowest BCUT2D eigenvalue weighted by Crippen LogP contribution is -2.08. The molecular formula is C4H9O6P. The minimum absolute atomic E-state index is 0.188. The molecule has 1 N–H and O–H groups in total. The summed E-state index contributed by atoms with van der Waals surface area (Å²) in [7, 11) is -3.03. The highest BCUT2D eigenvalue weighted by Gasteiger charge is 2.01. The normalized spacial score (nSPS) is 12.2. The number of carbonyl (C=O) groups excluding carboxylic acids is 1. The first-order chi connectivity index (χ1) is 5.16. The molecule has 0 aliphatic rings. The monoisotopic (exact) mass is 184 g/mol. The van der Waals surface area contributed by atoms with Crippen LogP contribution in [0.1, 0.15) is 6.92 Å². The van der Waals surface area contributed by atoms with Crippen molar-refractivity contribution in [3.8, 4) is 0 Å². The Hall–Kier alpha value is -0.580. The summed E-state index contributed by atoms with van der Waals surface area (Å²) >= 11 is 0. The molecule has 0 aliphatic heterocycles. The van der Waals surface area contributed by atoms with Gasteiger partial charge in [-0.3, -0.25) is 9.09 Å². The Kier molecular flexibility index (Phi) is 5.83. The predicted octanol–water partition coefficient (Wildman–Crippen LogP) is 0.516. The summed E-state index contributed by atoms with van der Waals surface area (Å²) < 4.78 is 22.4. The maximum atomic E-state index is 10.3. The van der Waals surface area contributed by atoms with Gasteiger partial charge < -0.3 is 14.4 Å². The average Bonchev–Trinajstić information content (AvgIpc) is 1.87. The Morgan fingerprint density at radius 3 is 2.64 bits per heavy atom. The van der Waals surface area contributed by atoms with Gasteiger partial charge in [0.2, 0.25) is 6.79 Å². The van der Waals surface area contributed by atoms with Crippen LogP contribution in [0.15, 0.2) is 0 Å². The second kappa shape index (κ2) is 6.15. The Bertz CT molecular complexity index is 146. The average molecular weight is 184 g/mol. The topological polar surface area (TPSA) is 82.1 Å². The largest absolute Gasteiger partial charge is 0.510 e. The fraction of sp³-hybridized carbons (Fsp3) is 0.750. The molecule has 7 heteroatoms. The summed E-state index contributed by atoms with van der Waals surface area (Å²) in [6.45, 7) is 1.23. The summed E-state index contributed by atoms with van der Waals surface area (Å²) in [6, 6.07) is 0. The molecule has 0 rings (SSSR count). The van der Waals surface area contributed by atoms with Crippen LogP contribution in [-0.4, -0.2) is 24.4 Å². The number of hydrogen-bond donors (Lipinski definition) is 1. The highest BCUT2D eigenvalue weighted by molar-refractivity contribution is 7.32. The van der Waals surface area contributed by atoms with Crippen molar-refractivity contribution < 1.29 is 28.3 Å². The summed E-state index contributed by atoms with van der Waals surface area (Å²) in [5, 5.41) is 0. The zero-order valence-electron chi connectivity index (χ0n) is 5.90. The molecule has 0 saturated carbocycles. The summed E-state index contributed by atoms with van der Waals surface area (Å²) in [6.07, 6.45) is -0.921. The first-order valence-corrected chi connectivity index (χ1v) is 4.08. The standard InChI is InChI=1S/C4H9O6P/c1-2-8-4(5)9-3-10-11(6)7/h11H,2-3H2,1H3,(H,6,7). The second-order valence-electron chi connectivity index (χ2n) is 1.36. The van der Waals surface area contributed by atoms with Crippen molar-refractivity contribution in [1.82, 2.24) is 0 Å². The van der Waals surface area contributed by atoms with Crippen LogP contribution in [0.2, 0.25) is 0 Å².